The van der Waals surface area contributed by atoms with E-state index in [1.807, 2.05) is 11.8 Å². The van der Waals surface area contributed by atoms with Crippen molar-refractivity contribution in [2.75, 3.05) is 32.8 Å². The van der Waals surface area contributed by atoms with Crippen LogP contribution in [0.15, 0.2) is 0 Å². The van der Waals surface area contributed by atoms with Gasteiger partial charge in [0.2, 0.25) is 5.91 Å². The molecule has 0 aromatic heterocycles. The number of hydrogen-bond donors (Lipinski definition) is 2. The van der Waals surface area contributed by atoms with Crippen LogP contribution in [-0.4, -0.2) is 60.9 Å². The van der Waals surface area contributed by atoms with Crippen LogP contribution in [0.3, 0.4) is 0 Å². The van der Waals surface area contributed by atoms with E-state index < -0.39 is 0 Å². The van der Waals surface area contributed by atoms with Crippen molar-refractivity contribution in [3.05, 3.63) is 0 Å². The van der Waals surface area contributed by atoms with Crippen LogP contribution in [0.4, 0.5) is 0 Å². The number of carbonyl (C=O) groups excluding carboxylic acids is 1. The number of nitrogens with one attached hydrogen (secondary N) is 1. The van der Waals surface area contributed by atoms with Crippen molar-refractivity contribution in [3.8, 4) is 0 Å². The van der Waals surface area contributed by atoms with E-state index in [9.17, 15) is 9.90 Å². The van der Waals surface area contributed by atoms with Gasteiger partial charge in [0.05, 0.1) is 12.2 Å². The van der Waals surface area contributed by atoms with Gasteiger partial charge in [-0.3, -0.25) is 4.79 Å². The molecule has 1 amide bonds. The summed E-state index contributed by atoms with van der Waals surface area (Å²) >= 11 is 0. The molecule has 2 fully saturated rings. The number of ether oxygens (including phenoxy) is 1. The largest absolute Gasteiger partial charge is 0.393 e. The second kappa shape index (κ2) is 6.50. The van der Waals surface area contributed by atoms with Crippen molar-refractivity contribution in [1.29, 1.82) is 0 Å². The van der Waals surface area contributed by atoms with Crippen LogP contribution in [0.25, 0.3) is 0 Å². The lowest BCUT2D eigenvalue weighted by Crippen LogP contribution is -2.46. The van der Waals surface area contributed by atoms with Gasteiger partial charge in [0.25, 0.3) is 0 Å². The second-order valence-electron chi connectivity index (χ2n) is 5.43. The molecule has 0 saturated carbocycles. The van der Waals surface area contributed by atoms with Crippen LogP contribution < -0.4 is 5.32 Å². The zero-order valence-electron chi connectivity index (χ0n) is 11.1. The van der Waals surface area contributed by atoms with Gasteiger partial charge in [0, 0.05) is 13.1 Å². The number of amides is 1. The average molecular weight is 256 g/mol. The number of carbonyl (C=O) groups is 1. The minimum Gasteiger partial charge on any atom is -0.393 e. The average Bonchev–Trinajstić information content (AvgIpc) is 2.40. The maximum absolute atomic E-state index is 12.0. The number of aliphatic hydroxyl groups excluding tert-OH is 1. The Balaban J connectivity index is 1.70. The summed E-state index contributed by atoms with van der Waals surface area (Å²) in [6, 6.07) is 0. The van der Waals surface area contributed by atoms with Crippen molar-refractivity contribution < 1.29 is 14.6 Å². The molecule has 0 aliphatic carbocycles. The third-order valence-corrected chi connectivity index (χ3v) is 3.94. The molecule has 18 heavy (non-hydrogen) atoms. The molecule has 0 radical (unpaired) electrons. The molecule has 0 bridgehead atoms. The first-order valence-corrected chi connectivity index (χ1v) is 6.95. The van der Waals surface area contributed by atoms with Crippen LogP contribution in [-0.2, 0) is 9.53 Å². The first kappa shape index (κ1) is 13.8. The van der Waals surface area contributed by atoms with Gasteiger partial charge in [-0.05, 0) is 38.3 Å². The Morgan fingerprint density at radius 2 is 2.11 bits per heavy atom. The molecular weight excluding hydrogens is 232 g/mol. The SMILES string of the molecule is CC1CN(C(=O)COC2CCNCC2)CCC1O. The number of piperidine rings is 2. The van der Waals surface area contributed by atoms with E-state index in [1.54, 1.807) is 0 Å². The fourth-order valence-corrected chi connectivity index (χ4v) is 2.60. The molecule has 2 aliphatic rings. The fourth-order valence-electron chi connectivity index (χ4n) is 2.60. The summed E-state index contributed by atoms with van der Waals surface area (Å²) in [4.78, 5) is 13.8. The summed E-state index contributed by atoms with van der Waals surface area (Å²) in [6.07, 6.45) is 2.62. The first-order chi connectivity index (χ1) is 8.66. The highest BCUT2D eigenvalue weighted by atomic mass is 16.5. The number of hydrogen-bond acceptors (Lipinski definition) is 4. The Morgan fingerprint density at radius 3 is 2.78 bits per heavy atom. The minimum atomic E-state index is -0.264. The Hall–Kier alpha value is -0.650. The zero-order chi connectivity index (χ0) is 13.0. The second-order valence-corrected chi connectivity index (χ2v) is 5.43. The van der Waals surface area contributed by atoms with Gasteiger partial charge in [-0.15, -0.1) is 0 Å². The summed E-state index contributed by atoms with van der Waals surface area (Å²) in [7, 11) is 0. The van der Waals surface area contributed by atoms with Crippen LogP contribution in [0.1, 0.15) is 26.2 Å². The molecule has 0 spiro atoms. The van der Waals surface area contributed by atoms with Crippen molar-refractivity contribution in [3.63, 3.8) is 0 Å². The zero-order valence-corrected chi connectivity index (χ0v) is 11.1. The van der Waals surface area contributed by atoms with Crippen molar-refractivity contribution in [2.24, 2.45) is 5.92 Å². The van der Waals surface area contributed by atoms with Gasteiger partial charge >= 0.3 is 0 Å². The molecule has 5 nitrogen and oxygen atoms in total. The van der Waals surface area contributed by atoms with E-state index in [-0.39, 0.29) is 30.6 Å². The van der Waals surface area contributed by atoms with Crippen molar-refractivity contribution in [2.45, 2.75) is 38.4 Å². The summed E-state index contributed by atoms with van der Waals surface area (Å²) in [5, 5.41) is 12.9. The summed E-state index contributed by atoms with van der Waals surface area (Å²) in [6.45, 7) is 5.43. The Labute approximate surface area is 108 Å². The lowest BCUT2D eigenvalue weighted by Gasteiger charge is -2.34. The molecular formula is C13H24N2O3. The fraction of sp³-hybridized carbons (Fsp3) is 0.923. The topological polar surface area (TPSA) is 61.8 Å². The lowest BCUT2D eigenvalue weighted by atomic mass is 9.97. The monoisotopic (exact) mass is 256 g/mol. The molecule has 2 aliphatic heterocycles. The van der Waals surface area contributed by atoms with Gasteiger partial charge in [0.15, 0.2) is 0 Å². The predicted octanol–water partition coefficient (Wildman–Crippen LogP) is -0.0157. The quantitative estimate of drug-likeness (QED) is 0.745. The van der Waals surface area contributed by atoms with Crippen LogP contribution in [0.5, 0.6) is 0 Å². The normalized spacial score (nSPS) is 30.4. The maximum Gasteiger partial charge on any atom is 0.248 e. The maximum atomic E-state index is 12.0. The lowest BCUT2D eigenvalue weighted by molar-refractivity contribution is -0.142. The van der Waals surface area contributed by atoms with Gasteiger partial charge in [-0.1, -0.05) is 6.92 Å². The number of nitrogens with zero attached hydrogens (tertiary/aromatic N) is 1. The molecule has 2 atom stereocenters. The third-order valence-electron chi connectivity index (χ3n) is 3.94. The van der Waals surface area contributed by atoms with E-state index in [1.165, 1.54) is 0 Å². The molecule has 2 unspecified atom stereocenters. The van der Waals surface area contributed by atoms with Crippen LogP contribution >= 0.6 is 0 Å². The highest BCUT2D eigenvalue weighted by molar-refractivity contribution is 5.77. The van der Waals surface area contributed by atoms with E-state index in [0.717, 1.165) is 25.9 Å². The van der Waals surface area contributed by atoms with E-state index in [0.29, 0.717) is 19.5 Å². The molecule has 5 heteroatoms. The third kappa shape index (κ3) is 3.67. The molecule has 104 valence electrons. The first-order valence-electron chi connectivity index (χ1n) is 6.95. The Bertz CT molecular complexity index is 279. The highest BCUT2D eigenvalue weighted by Gasteiger charge is 2.27. The van der Waals surface area contributed by atoms with E-state index in [2.05, 4.69) is 5.32 Å². The molecule has 2 heterocycles. The van der Waals surface area contributed by atoms with Gasteiger partial charge < -0.3 is 20.1 Å². The number of aliphatic hydroxyl groups is 1. The number of likely N-dealkylation sites (tertiary alicyclic amines) is 1. The summed E-state index contributed by atoms with van der Waals surface area (Å²) < 4.78 is 5.67. The minimum absolute atomic E-state index is 0.0623. The molecule has 0 aromatic carbocycles. The van der Waals surface area contributed by atoms with Gasteiger partial charge in [0.1, 0.15) is 6.61 Å². The van der Waals surface area contributed by atoms with Crippen LogP contribution in [0.2, 0.25) is 0 Å². The van der Waals surface area contributed by atoms with Crippen molar-refractivity contribution in [1.82, 2.24) is 10.2 Å². The van der Waals surface area contributed by atoms with Crippen molar-refractivity contribution >= 4 is 5.91 Å². The van der Waals surface area contributed by atoms with Gasteiger partial charge in [-0.2, -0.15) is 0 Å². The molecule has 2 saturated heterocycles. The summed E-state index contributed by atoms with van der Waals surface area (Å²) in [5.74, 6) is 0.230. The standard InChI is InChI=1S/C13H24N2O3/c1-10-8-15(7-4-12(10)16)13(17)9-18-11-2-5-14-6-3-11/h10-12,14,16H,2-9H2,1H3. The van der Waals surface area contributed by atoms with Crippen LogP contribution in [0, 0.1) is 5.92 Å². The molecule has 0 aromatic rings. The Morgan fingerprint density at radius 1 is 1.39 bits per heavy atom. The summed E-state index contributed by atoms with van der Waals surface area (Å²) in [5.41, 5.74) is 0. The molecule has 2 N–H and O–H groups in total. The predicted molar refractivity (Wildman–Crippen MR) is 68.2 cm³/mol. The Kier molecular flexibility index (Phi) is 4.97. The smallest absolute Gasteiger partial charge is 0.248 e. The molecule has 2 rings (SSSR count). The van der Waals surface area contributed by atoms with E-state index in [4.69, 9.17) is 4.74 Å². The van der Waals surface area contributed by atoms with E-state index >= 15 is 0 Å². The number of rotatable bonds is 3. The van der Waals surface area contributed by atoms with Gasteiger partial charge in [-0.25, -0.2) is 0 Å². The highest BCUT2D eigenvalue weighted by Crippen LogP contribution is 2.17.